The topological polar surface area (TPSA) is 69.2 Å². The number of rotatable bonds is 5. The van der Waals surface area contributed by atoms with Crippen molar-refractivity contribution in [1.29, 1.82) is 0 Å². The van der Waals surface area contributed by atoms with E-state index >= 15 is 0 Å². The van der Waals surface area contributed by atoms with Crippen LogP contribution in [0.1, 0.15) is 5.56 Å². The van der Waals surface area contributed by atoms with Crippen LogP contribution < -0.4 is 14.8 Å². The van der Waals surface area contributed by atoms with Crippen molar-refractivity contribution in [2.45, 2.75) is 0 Å². The van der Waals surface area contributed by atoms with Crippen LogP contribution in [0.5, 0.6) is 11.5 Å². The van der Waals surface area contributed by atoms with Crippen molar-refractivity contribution >= 4 is 41.0 Å². The Morgan fingerprint density at radius 2 is 2.00 bits per heavy atom. The molecule has 2 aromatic carbocycles. The largest absolute Gasteiger partial charge is 0.486 e. The summed E-state index contributed by atoms with van der Waals surface area (Å²) in [5.74, 6) is 0.896. The quantitative estimate of drug-likeness (QED) is 0.633. The molecule has 8 heteroatoms. The molecule has 1 heterocycles. The third-order valence-electron chi connectivity index (χ3n) is 3.27. The van der Waals surface area contributed by atoms with Gasteiger partial charge in [-0.15, -0.1) is 0 Å². The Balaban J connectivity index is 1.51. The monoisotopic (exact) mass is 380 g/mol. The molecule has 0 saturated heterocycles. The molecule has 0 aromatic heterocycles. The van der Waals surface area contributed by atoms with Crippen LogP contribution in [0.4, 0.5) is 5.69 Å². The molecule has 1 aliphatic heterocycles. The molecule has 1 N–H and O–H groups in total. The molecule has 0 spiro atoms. The third kappa shape index (κ3) is 4.55. The molecule has 2 aromatic rings. The summed E-state index contributed by atoms with van der Waals surface area (Å²) in [4.78, 5) is 16.9. The SMILES string of the molecule is O=C(CO/N=C\c1cccc(Cl)c1Cl)Nc1ccc2c(c1)OCCO2. The summed E-state index contributed by atoms with van der Waals surface area (Å²) >= 11 is 11.9. The van der Waals surface area contributed by atoms with Gasteiger partial charge in [-0.3, -0.25) is 4.79 Å². The molecule has 1 amide bonds. The van der Waals surface area contributed by atoms with Crippen LogP contribution in [-0.4, -0.2) is 31.9 Å². The Morgan fingerprint density at radius 1 is 1.20 bits per heavy atom. The van der Waals surface area contributed by atoms with E-state index in [1.807, 2.05) is 0 Å². The fraction of sp³-hybridized carbons (Fsp3) is 0.176. The Labute approximate surface area is 154 Å². The maximum Gasteiger partial charge on any atom is 0.265 e. The lowest BCUT2D eigenvalue weighted by Gasteiger charge is -2.18. The van der Waals surface area contributed by atoms with Gasteiger partial charge in [0.2, 0.25) is 0 Å². The van der Waals surface area contributed by atoms with Gasteiger partial charge in [-0.2, -0.15) is 0 Å². The molecule has 0 fully saturated rings. The zero-order valence-corrected chi connectivity index (χ0v) is 14.5. The van der Waals surface area contributed by atoms with Crippen LogP contribution in [0.15, 0.2) is 41.6 Å². The summed E-state index contributed by atoms with van der Waals surface area (Å²) in [6.45, 7) is 0.749. The fourth-order valence-electron chi connectivity index (χ4n) is 2.13. The predicted octanol–water partition coefficient (Wildman–Crippen LogP) is 3.75. The molecule has 6 nitrogen and oxygen atoms in total. The normalized spacial score (nSPS) is 12.9. The standard InChI is InChI=1S/C17H14Cl2N2O4/c18-13-3-1-2-11(17(13)19)9-20-25-10-16(22)21-12-4-5-14-15(8-12)24-7-6-23-14/h1-5,8-9H,6-7,10H2,(H,21,22)/b20-9-. The van der Waals surface area contributed by atoms with Gasteiger partial charge in [0.25, 0.3) is 5.91 Å². The highest BCUT2D eigenvalue weighted by Gasteiger charge is 2.12. The second kappa shape index (κ2) is 8.09. The number of anilines is 1. The lowest BCUT2D eigenvalue weighted by Crippen LogP contribution is -2.18. The van der Waals surface area contributed by atoms with E-state index in [9.17, 15) is 4.79 Å². The van der Waals surface area contributed by atoms with Crippen LogP contribution in [0, 0.1) is 0 Å². The summed E-state index contributed by atoms with van der Waals surface area (Å²) in [5, 5.41) is 7.20. The summed E-state index contributed by atoms with van der Waals surface area (Å²) in [6, 6.07) is 10.3. The van der Waals surface area contributed by atoms with Crippen molar-refractivity contribution in [1.82, 2.24) is 0 Å². The molecule has 1 aliphatic rings. The molecule has 0 aliphatic carbocycles. The number of oxime groups is 1. The zero-order chi connectivity index (χ0) is 17.6. The van der Waals surface area contributed by atoms with Gasteiger partial charge in [-0.25, -0.2) is 0 Å². The average Bonchev–Trinajstić information content (AvgIpc) is 2.62. The van der Waals surface area contributed by atoms with Crippen LogP contribution in [0.2, 0.25) is 10.0 Å². The Morgan fingerprint density at radius 3 is 2.84 bits per heavy atom. The van der Waals surface area contributed by atoms with Crippen molar-refractivity contribution in [2.24, 2.45) is 5.16 Å². The van der Waals surface area contributed by atoms with Crippen molar-refractivity contribution in [3.05, 3.63) is 52.0 Å². The van der Waals surface area contributed by atoms with Crippen molar-refractivity contribution in [2.75, 3.05) is 25.1 Å². The van der Waals surface area contributed by atoms with Gasteiger partial charge >= 0.3 is 0 Å². The predicted molar refractivity (Wildman–Crippen MR) is 96.1 cm³/mol. The first kappa shape index (κ1) is 17.4. The van der Waals surface area contributed by atoms with Gasteiger partial charge in [0.05, 0.1) is 16.3 Å². The summed E-state index contributed by atoms with van der Waals surface area (Å²) in [5.41, 5.74) is 1.18. The summed E-state index contributed by atoms with van der Waals surface area (Å²) in [7, 11) is 0. The van der Waals surface area contributed by atoms with Crippen molar-refractivity contribution < 1.29 is 19.1 Å². The van der Waals surface area contributed by atoms with E-state index in [1.54, 1.807) is 36.4 Å². The first-order valence-corrected chi connectivity index (χ1v) is 8.18. The Hall–Kier alpha value is -2.44. The Kier molecular flexibility index (Phi) is 5.63. The smallest absolute Gasteiger partial charge is 0.265 e. The number of carbonyl (C=O) groups excluding carboxylic acids is 1. The number of carbonyl (C=O) groups is 1. The molecule has 25 heavy (non-hydrogen) atoms. The van der Waals surface area contributed by atoms with E-state index in [0.29, 0.717) is 46.0 Å². The highest BCUT2D eigenvalue weighted by atomic mass is 35.5. The van der Waals surface area contributed by atoms with Gasteiger partial charge in [0.1, 0.15) is 13.2 Å². The number of amides is 1. The number of hydrogen-bond acceptors (Lipinski definition) is 5. The van der Waals surface area contributed by atoms with E-state index in [4.69, 9.17) is 37.5 Å². The third-order valence-corrected chi connectivity index (χ3v) is 4.10. The highest BCUT2D eigenvalue weighted by molar-refractivity contribution is 6.43. The van der Waals surface area contributed by atoms with Crippen molar-refractivity contribution in [3.8, 4) is 11.5 Å². The number of benzene rings is 2. The number of nitrogens with one attached hydrogen (secondary N) is 1. The van der Waals surface area contributed by atoms with Gasteiger partial charge < -0.3 is 19.6 Å². The van der Waals surface area contributed by atoms with Crippen LogP contribution in [-0.2, 0) is 9.63 Å². The van der Waals surface area contributed by atoms with Crippen LogP contribution in [0.25, 0.3) is 0 Å². The number of halogens is 2. The van der Waals surface area contributed by atoms with Crippen molar-refractivity contribution in [3.63, 3.8) is 0 Å². The minimum atomic E-state index is -0.356. The molecule has 0 radical (unpaired) electrons. The highest BCUT2D eigenvalue weighted by Crippen LogP contribution is 2.32. The second-order valence-electron chi connectivity index (χ2n) is 5.06. The lowest BCUT2D eigenvalue weighted by molar-refractivity contribution is -0.120. The first-order chi connectivity index (χ1) is 12.1. The van der Waals surface area contributed by atoms with E-state index < -0.39 is 0 Å². The van der Waals surface area contributed by atoms with Gasteiger partial charge in [0, 0.05) is 17.3 Å². The molecular formula is C17H14Cl2N2O4. The molecule has 130 valence electrons. The molecular weight excluding hydrogens is 367 g/mol. The first-order valence-electron chi connectivity index (χ1n) is 7.42. The second-order valence-corrected chi connectivity index (χ2v) is 5.84. The number of hydrogen-bond donors (Lipinski definition) is 1. The minimum absolute atomic E-state index is 0.247. The maximum absolute atomic E-state index is 11.9. The molecule has 0 saturated carbocycles. The van der Waals surface area contributed by atoms with Crippen LogP contribution in [0.3, 0.4) is 0 Å². The van der Waals surface area contributed by atoms with Gasteiger partial charge in [-0.1, -0.05) is 40.5 Å². The van der Waals surface area contributed by atoms with Gasteiger partial charge in [-0.05, 0) is 18.2 Å². The minimum Gasteiger partial charge on any atom is -0.486 e. The Bertz CT molecular complexity index is 811. The molecule has 0 unspecified atom stereocenters. The number of nitrogens with zero attached hydrogens (tertiary/aromatic N) is 1. The molecule has 0 bridgehead atoms. The summed E-state index contributed by atoms with van der Waals surface area (Å²) < 4.78 is 10.9. The zero-order valence-electron chi connectivity index (χ0n) is 13.0. The van der Waals surface area contributed by atoms with E-state index in [0.717, 1.165) is 0 Å². The van der Waals surface area contributed by atoms with Crippen LogP contribution >= 0.6 is 23.2 Å². The number of fused-ring (bicyclic) bond motifs is 1. The lowest BCUT2D eigenvalue weighted by atomic mass is 10.2. The van der Waals surface area contributed by atoms with E-state index in [-0.39, 0.29) is 12.5 Å². The number of ether oxygens (including phenoxy) is 2. The molecule has 0 atom stereocenters. The average molecular weight is 381 g/mol. The summed E-state index contributed by atoms with van der Waals surface area (Å²) in [6.07, 6.45) is 1.39. The fourth-order valence-corrected chi connectivity index (χ4v) is 2.48. The molecule has 3 rings (SSSR count). The maximum atomic E-state index is 11.9. The van der Waals surface area contributed by atoms with Gasteiger partial charge in [0.15, 0.2) is 18.1 Å². The van der Waals surface area contributed by atoms with E-state index in [1.165, 1.54) is 6.21 Å². The van der Waals surface area contributed by atoms with E-state index in [2.05, 4.69) is 10.5 Å².